The van der Waals surface area contributed by atoms with Crippen molar-refractivity contribution < 1.29 is 4.79 Å². The van der Waals surface area contributed by atoms with Crippen LogP contribution in [0.5, 0.6) is 0 Å². The molecule has 2 heterocycles. The molecule has 1 N–H and O–H groups in total. The number of carbonyl (C=O) groups is 1. The van der Waals surface area contributed by atoms with E-state index in [1.807, 2.05) is 107 Å². The average Bonchev–Trinajstić information content (AvgIpc) is 3.40. The van der Waals surface area contributed by atoms with Crippen molar-refractivity contribution in [1.29, 1.82) is 0 Å². The molecule has 0 atom stereocenters. The lowest BCUT2D eigenvalue weighted by Gasteiger charge is -2.19. The van der Waals surface area contributed by atoms with Gasteiger partial charge in [0.05, 0.1) is 11.7 Å². The van der Waals surface area contributed by atoms with E-state index in [4.69, 9.17) is 0 Å². The first-order chi connectivity index (χ1) is 14.8. The number of aromatic nitrogens is 2. The van der Waals surface area contributed by atoms with Crippen molar-refractivity contribution in [3.05, 3.63) is 119 Å². The molecule has 0 aliphatic heterocycles. The van der Waals surface area contributed by atoms with Crippen molar-refractivity contribution in [2.24, 2.45) is 0 Å². The van der Waals surface area contributed by atoms with Gasteiger partial charge >= 0.3 is 0 Å². The third-order valence-electron chi connectivity index (χ3n) is 5.05. The number of benzene rings is 3. The molecule has 0 aliphatic carbocycles. The second kappa shape index (κ2) is 7.97. The van der Waals surface area contributed by atoms with Gasteiger partial charge in [-0.05, 0) is 11.1 Å². The maximum absolute atomic E-state index is 13.3. The van der Waals surface area contributed by atoms with E-state index in [2.05, 4.69) is 10.3 Å². The van der Waals surface area contributed by atoms with Gasteiger partial charge in [-0.25, -0.2) is 4.98 Å². The Hall–Kier alpha value is -3.70. The van der Waals surface area contributed by atoms with E-state index < -0.39 is 0 Å². The van der Waals surface area contributed by atoms with Crippen LogP contribution in [0.4, 0.5) is 0 Å². The predicted molar refractivity (Wildman–Crippen MR) is 121 cm³/mol. The Morgan fingerprint density at radius 1 is 0.833 bits per heavy atom. The standard InChI is InChI=1S/C25H19N3OS/c29-24(27-23(19-12-6-2-7-13-19)20-14-8-3-9-15-20)22-17-30-25-26-21(16-28(22)25)18-10-4-1-5-11-18/h1-17,23H,(H,27,29). The summed E-state index contributed by atoms with van der Waals surface area (Å²) in [6.07, 6.45) is 1.93. The van der Waals surface area contributed by atoms with Crippen LogP contribution in [0.15, 0.2) is 103 Å². The number of imidazole rings is 1. The van der Waals surface area contributed by atoms with E-state index in [1.54, 1.807) is 0 Å². The third-order valence-corrected chi connectivity index (χ3v) is 5.89. The van der Waals surface area contributed by atoms with E-state index in [-0.39, 0.29) is 11.9 Å². The van der Waals surface area contributed by atoms with E-state index >= 15 is 0 Å². The Bertz CT molecular complexity index is 1240. The summed E-state index contributed by atoms with van der Waals surface area (Å²) in [5.74, 6) is -0.129. The van der Waals surface area contributed by atoms with E-state index in [1.165, 1.54) is 11.3 Å². The summed E-state index contributed by atoms with van der Waals surface area (Å²) >= 11 is 1.47. The highest BCUT2D eigenvalue weighted by Gasteiger charge is 2.21. The third kappa shape index (κ3) is 3.51. The number of rotatable bonds is 5. The first-order valence-electron chi connectivity index (χ1n) is 9.72. The lowest BCUT2D eigenvalue weighted by atomic mass is 9.98. The molecule has 0 fully saturated rings. The van der Waals surface area contributed by atoms with Crippen molar-refractivity contribution in [2.45, 2.75) is 6.04 Å². The number of amides is 1. The molecule has 30 heavy (non-hydrogen) atoms. The van der Waals surface area contributed by atoms with E-state index in [0.29, 0.717) is 5.69 Å². The molecular formula is C25H19N3OS. The normalized spacial score (nSPS) is 11.1. The maximum atomic E-state index is 13.3. The molecule has 3 aromatic carbocycles. The number of nitrogens with zero attached hydrogens (tertiary/aromatic N) is 2. The molecule has 5 heteroatoms. The molecule has 4 nitrogen and oxygen atoms in total. The summed E-state index contributed by atoms with van der Waals surface area (Å²) in [6, 6.07) is 29.8. The molecule has 5 rings (SSSR count). The number of hydrogen-bond donors (Lipinski definition) is 1. The quantitative estimate of drug-likeness (QED) is 0.412. The Kier molecular flexibility index (Phi) is 4.87. The van der Waals surface area contributed by atoms with E-state index in [0.717, 1.165) is 27.3 Å². The van der Waals surface area contributed by atoms with Gasteiger partial charge in [-0.2, -0.15) is 0 Å². The zero-order chi connectivity index (χ0) is 20.3. The van der Waals surface area contributed by atoms with Crippen LogP contribution < -0.4 is 5.32 Å². The zero-order valence-corrected chi connectivity index (χ0v) is 16.9. The Balaban J connectivity index is 1.49. The first-order valence-corrected chi connectivity index (χ1v) is 10.6. The van der Waals surface area contributed by atoms with Crippen molar-refractivity contribution >= 4 is 22.2 Å². The molecule has 0 radical (unpaired) electrons. The zero-order valence-electron chi connectivity index (χ0n) is 16.1. The molecule has 2 aromatic heterocycles. The summed E-state index contributed by atoms with van der Waals surface area (Å²) in [4.78, 5) is 18.8. The van der Waals surface area contributed by atoms with Crippen molar-refractivity contribution in [1.82, 2.24) is 14.7 Å². The molecule has 0 saturated heterocycles. The van der Waals surface area contributed by atoms with Crippen LogP contribution >= 0.6 is 11.3 Å². The number of carbonyl (C=O) groups excluding carboxylic acids is 1. The van der Waals surface area contributed by atoms with E-state index in [9.17, 15) is 4.79 Å². The minimum atomic E-state index is -0.230. The van der Waals surface area contributed by atoms with Gasteiger partial charge in [-0.15, -0.1) is 11.3 Å². The predicted octanol–water partition coefficient (Wildman–Crippen LogP) is 5.58. The second-order valence-electron chi connectivity index (χ2n) is 6.99. The minimum Gasteiger partial charge on any atom is -0.340 e. The maximum Gasteiger partial charge on any atom is 0.269 e. The Morgan fingerprint density at radius 2 is 1.40 bits per heavy atom. The fourth-order valence-corrected chi connectivity index (χ4v) is 4.40. The summed E-state index contributed by atoms with van der Waals surface area (Å²) in [6.45, 7) is 0. The van der Waals surface area contributed by atoms with Gasteiger partial charge < -0.3 is 5.32 Å². The second-order valence-corrected chi connectivity index (χ2v) is 7.83. The van der Waals surface area contributed by atoms with Gasteiger partial charge in [0.2, 0.25) is 0 Å². The summed E-state index contributed by atoms with van der Waals surface area (Å²) in [5.41, 5.74) is 4.56. The fraction of sp³-hybridized carbons (Fsp3) is 0.0400. The number of nitrogens with one attached hydrogen (secondary N) is 1. The fourth-order valence-electron chi connectivity index (χ4n) is 3.55. The SMILES string of the molecule is O=C(NC(c1ccccc1)c1ccccc1)c1csc2nc(-c3ccccc3)cn12. The van der Waals surface area contributed by atoms with Crippen LogP contribution in [-0.4, -0.2) is 15.3 Å². The summed E-state index contributed by atoms with van der Waals surface area (Å²) in [5, 5.41) is 5.07. The van der Waals surface area contributed by atoms with Gasteiger partial charge in [0.15, 0.2) is 4.96 Å². The number of thiazole rings is 1. The average molecular weight is 410 g/mol. The summed E-state index contributed by atoms with van der Waals surface area (Å²) in [7, 11) is 0. The van der Waals surface area contributed by atoms with Gasteiger partial charge in [0.25, 0.3) is 5.91 Å². The molecule has 0 saturated carbocycles. The van der Waals surface area contributed by atoms with Gasteiger partial charge in [0, 0.05) is 17.1 Å². The molecule has 0 aliphatic rings. The molecule has 1 amide bonds. The topological polar surface area (TPSA) is 46.4 Å². The minimum absolute atomic E-state index is 0.129. The molecule has 5 aromatic rings. The van der Waals surface area contributed by atoms with Crippen molar-refractivity contribution in [2.75, 3.05) is 0 Å². The molecular weight excluding hydrogens is 390 g/mol. The van der Waals surface area contributed by atoms with Crippen LogP contribution in [0.2, 0.25) is 0 Å². The van der Waals surface area contributed by atoms with Crippen LogP contribution in [0.25, 0.3) is 16.2 Å². The highest BCUT2D eigenvalue weighted by molar-refractivity contribution is 7.15. The Labute approximate surface area is 178 Å². The van der Waals surface area contributed by atoms with Crippen molar-refractivity contribution in [3.63, 3.8) is 0 Å². The lowest BCUT2D eigenvalue weighted by Crippen LogP contribution is -2.30. The Morgan fingerprint density at radius 3 is 2.00 bits per heavy atom. The molecule has 146 valence electrons. The van der Waals surface area contributed by atoms with Crippen LogP contribution in [0.3, 0.4) is 0 Å². The molecule has 0 spiro atoms. The molecule has 0 bridgehead atoms. The first kappa shape index (κ1) is 18.3. The van der Waals surface area contributed by atoms with Crippen molar-refractivity contribution in [3.8, 4) is 11.3 Å². The van der Waals surface area contributed by atoms with Gasteiger partial charge in [-0.3, -0.25) is 9.20 Å². The monoisotopic (exact) mass is 409 g/mol. The van der Waals surface area contributed by atoms with Gasteiger partial charge in [0.1, 0.15) is 5.69 Å². The number of fused-ring (bicyclic) bond motifs is 1. The largest absolute Gasteiger partial charge is 0.340 e. The van der Waals surface area contributed by atoms with Crippen LogP contribution in [0.1, 0.15) is 27.7 Å². The van der Waals surface area contributed by atoms with Gasteiger partial charge in [-0.1, -0.05) is 91.0 Å². The lowest BCUT2D eigenvalue weighted by molar-refractivity contribution is 0.0937. The summed E-state index contributed by atoms with van der Waals surface area (Å²) < 4.78 is 1.87. The van der Waals surface area contributed by atoms with Crippen LogP contribution in [0, 0.1) is 0 Å². The smallest absolute Gasteiger partial charge is 0.269 e. The van der Waals surface area contributed by atoms with Crippen LogP contribution in [-0.2, 0) is 0 Å². The molecule has 0 unspecified atom stereocenters. The highest BCUT2D eigenvalue weighted by Crippen LogP contribution is 2.26. The highest BCUT2D eigenvalue weighted by atomic mass is 32.1. The number of hydrogen-bond acceptors (Lipinski definition) is 3.